The van der Waals surface area contributed by atoms with Crippen molar-refractivity contribution in [3.8, 4) is 5.75 Å². The zero-order valence-corrected chi connectivity index (χ0v) is 15.1. The van der Waals surface area contributed by atoms with E-state index in [-0.39, 0.29) is 4.75 Å². The highest BCUT2D eigenvalue weighted by atomic mass is 35.5. The molecule has 120 valence electrons. The number of benzene rings is 2. The molecule has 0 aliphatic rings. The van der Waals surface area contributed by atoms with Gasteiger partial charge in [0.05, 0.1) is 0 Å². The minimum atomic E-state index is 0.116. The Kier molecular flexibility index (Phi) is 4.35. The number of hydrogen-bond acceptors (Lipinski definition) is 2. The van der Waals surface area contributed by atoms with Crippen molar-refractivity contribution < 1.29 is 5.11 Å². The normalized spacial score (nSPS) is 12.0. The Morgan fingerprint density at radius 1 is 1.09 bits per heavy atom. The Labute approximate surface area is 146 Å². The minimum absolute atomic E-state index is 0.116. The number of aromatic hydroxyl groups is 1. The molecule has 0 radical (unpaired) electrons. The van der Waals surface area contributed by atoms with Gasteiger partial charge in [-0.1, -0.05) is 44.5 Å². The maximum absolute atomic E-state index is 9.85. The van der Waals surface area contributed by atoms with Crippen molar-refractivity contribution >= 4 is 34.3 Å². The molecule has 3 rings (SSSR count). The second kappa shape index (κ2) is 6.14. The monoisotopic (exact) mass is 345 g/mol. The summed E-state index contributed by atoms with van der Waals surface area (Å²) in [5.74, 6) is 0.303. The zero-order valence-electron chi connectivity index (χ0n) is 13.5. The predicted molar refractivity (Wildman–Crippen MR) is 99.8 cm³/mol. The van der Waals surface area contributed by atoms with Crippen LogP contribution in [0.2, 0.25) is 5.02 Å². The van der Waals surface area contributed by atoms with Gasteiger partial charge in [0.15, 0.2) is 0 Å². The third-order valence-electron chi connectivity index (χ3n) is 3.51. The Bertz CT molecular complexity index is 831. The fourth-order valence-electron chi connectivity index (χ4n) is 2.58. The SMILES string of the molecule is CC(C)(C)Sc1cn(Cc2ccc(Cl)cc2)c2ccc(O)cc12. The lowest BCUT2D eigenvalue weighted by Gasteiger charge is -2.16. The Hall–Kier alpha value is -1.58. The van der Waals surface area contributed by atoms with E-state index in [9.17, 15) is 5.11 Å². The van der Waals surface area contributed by atoms with Crippen molar-refractivity contribution in [1.29, 1.82) is 0 Å². The summed E-state index contributed by atoms with van der Waals surface area (Å²) >= 11 is 7.79. The van der Waals surface area contributed by atoms with E-state index < -0.39 is 0 Å². The highest BCUT2D eigenvalue weighted by molar-refractivity contribution is 8.00. The van der Waals surface area contributed by atoms with Gasteiger partial charge in [-0.05, 0) is 35.9 Å². The molecule has 2 nitrogen and oxygen atoms in total. The molecule has 0 amide bonds. The number of halogens is 1. The van der Waals surface area contributed by atoms with Gasteiger partial charge in [-0.15, -0.1) is 11.8 Å². The molecule has 0 saturated carbocycles. The number of nitrogens with zero attached hydrogens (tertiary/aromatic N) is 1. The lowest BCUT2D eigenvalue weighted by Crippen LogP contribution is -2.06. The van der Waals surface area contributed by atoms with Crippen LogP contribution in [0, 0.1) is 0 Å². The van der Waals surface area contributed by atoms with Crippen molar-refractivity contribution in [2.45, 2.75) is 37.0 Å². The van der Waals surface area contributed by atoms with E-state index in [0.717, 1.165) is 22.5 Å². The average Bonchev–Trinajstić information content (AvgIpc) is 2.77. The second-order valence-electron chi connectivity index (χ2n) is 6.66. The van der Waals surface area contributed by atoms with Gasteiger partial charge in [0.25, 0.3) is 0 Å². The smallest absolute Gasteiger partial charge is 0.116 e. The topological polar surface area (TPSA) is 25.2 Å². The molecule has 4 heteroatoms. The van der Waals surface area contributed by atoms with Crippen LogP contribution in [-0.4, -0.2) is 14.4 Å². The molecule has 23 heavy (non-hydrogen) atoms. The van der Waals surface area contributed by atoms with Crippen molar-refractivity contribution in [3.63, 3.8) is 0 Å². The van der Waals surface area contributed by atoms with Gasteiger partial charge in [0, 0.05) is 38.3 Å². The molecule has 0 saturated heterocycles. The molecule has 0 spiro atoms. The fraction of sp³-hybridized carbons (Fsp3) is 0.263. The Balaban J connectivity index is 2.04. The highest BCUT2D eigenvalue weighted by Crippen LogP contribution is 2.39. The van der Waals surface area contributed by atoms with Gasteiger partial charge in [-0.3, -0.25) is 0 Å². The average molecular weight is 346 g/mol. The molecular weight excluding hydrogens is 326 g/mol. The van der Waals surface area contributed by atoms with Crippen LogP contribution in [-0.2, 0) is 6.54 Å². The molecule has 0 bridgehead atoms. The summed E-state index contributed by atoms with van der Waals surface area (Å²) in [6, 6.07) is 13.5. The fourth-order valence-corrected chi connectivity index (χ4v) is 3.82. The Morgan fingerprint density at radius 2 is 1.78 bits per heavy atom. The third-order valence-corrected chi connectivity index (χ3v) is 4.92. The van der Waals surface area contributed by atoms with E-state index in [1.54, 1.807) is 6.07 Å². The molecule has 0 aliphatic carbocycles. The molecule has 0 fully saturated rings. The van der Waals surface area contributed by atoms with E-state index in [1.807, 2.05) is 48.2 Å². The Morgan fingerprint density at radius 3 is 2.43 bits per heavy atom. The molecule has 2 aromatic carbocycles. The van der Waals surface area contributed by atoms with Gasteiger partial charge in [0.2, 0.25) is 0 Å². The number of rotatable bonds is 3. The van der Waals surface area contributed by atoms with Crippen molar-refractivity contribution in [2.24, 2.45) is 0 Å². The maximum atomic E-state index is 9.85. The summed E-state index contributed by atoms with van der Waals surface area (Å²) in [6.45, 7) is 7.37. The van der Waals surface area contributed by atoms with Gasteiger partial charge < -0.3 is 9.67 Å². The largest absolute Gasteiger partial charge is 0.508 e. The molecule has 0 unspecified atom stereocenters. The van der Waals surface area contributed by atoms with E-state index in [1.165, 1.54) is 10.5 Å². The van der Waals surface area contributed by atoms with E-state index in [4.69, 9.17) is 11.6 Å². The summed E-state index contributed by atoms with van der Waals surface area (Å²) in [4.78, 5) is 1.19. The molecule has 0 atom stereocenters. The van der Waals surface area contributed by atoms with Crippen LogP contribution in [0.1, 0.15) is 26.3 Å². The lowest BCUT2D eigenvalue weighted by atomic mass is 10.2. The van der Waals surface area contributed by atoms with Gasteiger partial charge in [-0.2, -0.15) is 0 Å². The zero-order chi connectivity index (χ0) is 16.6. The number of aromatic nitrogens is 1. The third kappa shape index (κ3) is 3.85. The quantitative estimate of drug-likeness (QED) is 0.594. The number of phenols is 1. The minimum Gasteiger partial charge on any atom is -0.508 e. The summed E-state index contributed by atoms with van der Waals surface area (Å²) in [6.07, 6.45) is 2.18. The first-order chi connectivity index (χ1) is 10.8. The molecular formula is C19H20ClNOS. The van der Waals surface area contributed by atoms with Gasteiger partial charge >= 0.3 is 0 Å². The number of phenolic OH excluding ortho intramolecular Hbond substituents is 1. The first-order valence-electron chi connectivity index (χ1n) is 7.57. The first-order valence-corrected chi connectivity index (χ1v) is 8.76. The van der Waals surface area contributed by atoms with E-state index >= 15 is 0 Å². The molecule has 1 heterocycles. The van der Waals surface area contributed by atoms with E-state index in [2.05, 4.69) is 31.5 Å². The number of thioether (sulfide) groups is 1. The van der Waals surface area contributed by atoms with Crippen molar-refractivity contribution in [2.75, 3.05) is 0 Å². The van der Waals surface area contributed by atoms with Crippen LogP contribution in [0.5, 0.6) is 5.75 Å². The van der Waals surface area contributed by atoms with Crippen LogP contribution >= 0.6 is 23.4 Å². The summed E-state index contributed by atoms with van der Waals surface area (Å²) in [5, 5.41) is 11.7. The van der Waals surface area contributed by atoms with Crippen molar-refractivity contribution in [1.82, 2.24) is 4.57 Å². The maximum Gasteiger partial charge on any atom is 0.116 e. The highest BCUT2D eigenvalue weighted by Gasteiger charge is 2.17. The van der Waals surface area contributed by atoms with Crippen LogP contribution in [0.3, 0.4) is 0 Å². The number of fused-ring (bicyclic) bond motifs is 1. The van der Waals surface area contributed by atoms with Crippen LogP contribution in [0.25, 0.3) is 10.9 Å². The summed E-state index contributed by atoms with van der Waals surface area (Å²) in [7, 11) is 0. The van der Waals surface area contributed by atoms with Crippen molar-refractivity contribution in [3.05, 3.63) is 59.2 Å². The molecule has 0 aliphatic heterocycles. The van der Waals surface area contributed by atoms with E-state index in [0.29, 0.717) is 5.75 Å². The van der Waals surface area contributed by atoms with Gasteiger partial charge in [-0.25, -0.2) is 0 Å². The standard InChI is InChI=1S/C19H20ClNOS/c1-19(2,3)23-18-12-21(11-13-4-6-14(20)7-5-13)17-9-8-15(22)10-16(17)18/h4-10,12,22H,11H2,1-3H3. The molecule has 1 aromatic heterocycles. The first kappa shape index (κ1) is 16.3. The van der Waals surface area contributed by atoms with Crippen LogP contribution < -0.4 is 0 Å². The molecule has 3 aromatic rings. The van der Waals surface area contributed by atoms with Crippen LogP contribution in [0.15, 0.2) is 53.6 Å². The predicted octanol–water partition coefficient (Wildman–Crippen LogP) is 5.94. The summed E-state index contributed by atoms with van der Waals surface area (Å²) in [5.41, 5.74) is 2.33. The van der Waals surface area contributed by atoms with Crippen LogP contribution in [0.4, 0.5) is 0 Å². The van der Waals surface area contributed by atoms with Gasteiger partial charge in [0.1, 0.15) is 5.75 Å². The second-order valence-corrected chi connectivity index (χ2v) is 8.97. The number of hydrogen-bond donors (Lipinski definition) is 1. The molecule has 1 N–H and O–H groups in total. The lowest BCUT2D eigenvalue weighted by molar-refractivity contribution is 0.476. The summed E-state index contributed by atoms with van der Waals surface area (Å²) < 4.78 is 2.34.